The van der Waals surface area contributed by atoms with Gasteiger partial charge in [0.2, 0.25) is 0 Å². The molecule has 2 amide bonds. The zero-order chi connectivity index (χ0) is 20.8. The van der Waals surface area contributed by atoms with Crippen LogP contribution in [0.2, 0.25) is 0 Å². The van der Waals surface area contributed by atoms with Gasteiger partial charge in [0.1, 0.15) is 11.6 Å². The van der Waals surface area contributed by atoms with Crippen LogP contribution >= 0.6 is 0 Å². The number of nitrogens with one attached hydrogen (secondary N) is 3. The molecule has 0 saturated carbocycles. The third-order valence-electron chi connectivity index (χ3n) is 4.59. The molecule has 29 heavy (non-hydrogen) atoms. The first-order chi connectivity index (χ1) is 14.0. The maximum absolute atomic E-state index is 11.9. The highest BCUT2D eigenvalue weighted by atomic mass is 16.5. The second-order valence-corrected chi connectivity index (χ2v) is 6.52. The molecule has 2 heterocycles. The highest BCUT2D eigenvalue weighted by Gasteiger charge is 2.10. The van der Waals surface area contributed by atoms with E-state index in [1.165, 1.54) is 0 Å². The van der Waals surface area contributed by atoms with Crippen molar-refractivity contribution in [2.24, 2.45) is 0 Å². The van der Waals surface area contributed by atoms with E-state index in [9.17, 15) is 4.79 Å². The number of amides is 2. The number of aromatic nitrogens is 4. The molecule has 3 rings (SSSR count). The van der Waals surface area contributed by atoms with Crippen molar-refractivity contribution in [3.8, 4) is 11.6 Å². The normalized spacial score (nSPS) is 10.5. The number of methoxy groups -OCH3 is 1. The van der Waals surface area contributed by atoms with Gasteiger partial charge in [0, 0.05) is 24.5 Å². The zero-order valence-electron chi connectivity index (χ0n) is 17.0. The number of anilines is 2. The van der Waals surface area contributed by atoms with Gasteiger partial charge in [-0.05, 0) is 62.7 Å². The molecule has 0 atom stereocenters. The van der Waals surface area contributed by atoms with Crippen LogP contribution in [0.25, 0.3) is 5.82 Å². The van der Waals surface area contributed by atoms with Gasteiger partial charge < -0.3 is 20.7 Å². The van der Waals surface area contributed by atoms with Gasteiger partial charge in [-0.1, -0.05) is 0 Å². The van der Waals surface area contributed by atoms with Crippen molar-refractivity contribution in [3.05, 3.63) is 53.3 Å². The molecule has 0 spiro atoms. The average molecular weight is 395 g/mol. The number of ether oxygens (including phenoxy) is 1. The first-order valence-electron chi connectivity index (χ1n) is 9.27. The molecular formula is C20H25N7O2. The minimum absolute atomic E-state index is 0.279. The van der Waals surface area contributed by atoms with Gasteiger partial charge in [-0.25, -0.2) is 9.48 Å². The van der Waals surface area contributed by atoms with Crippen molar-refractivity contribution in [1.82, 2.24) is 25.3 Å². The first kappa shape index (κ1) is 20.1. The molecule has 0 radical (unpaired) electrons. The maximum Gasteiger partial charge on any atom is 0.319 e. The Bertz CT molecular complexity index is 966. The SMILES string of the molecule is COc1ccc(NC(=O)NCCNc2ccc(-n3nc(C)c(C)c3C)nn2)cc1. The van der Waals surface area contributed by atoms with E-state index < -0.39 is 0 Å². The number of rotatable bonds is 7. The number of aryl methyl sites for hydroxylation is 1. The van der Waals surface area contributed by atoms with E-state index in [1.54, 1.807) is 36.1 Å². The van der Waals surface area contributed by atoms with E-state index in [0.717, 1.165) is 22.7 Å². The van der Waals surface area contributed by atoms with E-state index in [0.29, 0.717) is 30.4 Å². The van der Waals surface area contributed by atoms with Crippen LogP contribution in [0.15, 0.2) is 36.4 Å². The fourth-order valence-electron chi connectivity index (χ4n) is 2.69. The summed E-state index contributed by atoms with van der Waals surface area (Å²) in [5.74, 6) is 2.03. The molecule has 152 valence electrons. The number of carbonyl (C=O) groups is 1. The summed E-state index contributed by atoms with van der Waals surface area (Å²) in [5, 5.41) is 21.5. The van der Waals surface area contributed by atoms with E-state index in [1.807, 2.05) is 32.9 Å². The van der Waals surface area contributed by atoms with Crippen LogP contribution in [0.1, 0.15) is 17.0 Å². The topological polar surface area (TPSA) is 106 Å². The quantitative estimate of drug-likeness (QED) is 0.531. The van der Waals surface area contributed by atoms with Gasteiger partial charge in [-0.3, -0.25) is 0 Å². The molecular weight excluding hydrogens is 370 g/mol. The van der Waals surface area contributed by atoms with Gasteiger partial charge in [0.05, 0.1) is 12.8 Å². The smallest absolute Gasteiger partial charge is 0.319 e. The van der Waals surface area contributed by atoms with E-state index >= 15 is 0 Å². The average Bonchev–Trinajstić information content (AvgIpc) is 2.99. The maximum atomic E-state index is 11.9. The Labute approximate surface area is 169 Å². The van der Waals surface area contributed by atoms with Crippen LogP contribution in [-0.2, 0) is 0 Å². The third-order valence-corrected chi connectivity index (χ3v) is 4.59. The van der Waals surface area contributed by atoms with Gasteiger partial charge in [-0.15, -0.1) is 10.2 Å². The van der Waals surface area contributed by atoms with Crippen molar-refractivity contribution in [3.63, 3.8) is 0 Å². The highest BCUT2D eigenvalue weighted by molar-refractivity contribution is 5.89. The second-order valence-electron chi connectivity index (χ2n) is 6.52. The molecule has 9 nitrogen and oxygen atoms in total. The van der Waals surface area contributed by atoms with Gasteiger partial charge in [0.25, 0.3) is 0 Å². The van der Waals surface area contributed by atoms with Gasteiger partial charge >= 0.3 is 6.03 Å². The molecule has 1 aromatic carbocycles. The molecule has 9 heteroatoms. The summed E-state index contributed by atoms with van der Waals surface area (Å²) in [7, 11) is 1.60. The summed E-state index contributed by atoms with van der Waals surface area (Å²) in [5.41, 5.74) is 3.86. The summed E-state index contributed by atoms with van der Waals surface area (Å²) < 4.78 is 6.87. The number of carbonyl (C=O) groups excluding carboxylic acids is 1. The van der Waals surface area contributed by atoms with E-state index in [4.69, 9.17) is 4.74 Å². The monoisotopic (exact) mass is 395 g/mol. The Morgan fingerprint density at radius 3 is 2.38 bits per heavy atom. The van der Waals surface area contributed by atoms with E-state index in [2.05, 4.69) is 31.2 Å². The summed E-state index contributed by atoms with van der Waals surface area (Å²) >= 11 is 0. The van der Waals surface area contributed by atoms with Crippen LogP contribution in [0.3, 0.4) is 0 Å². The lowest BCUT2D eigenvalue weighted by molar-refractivity contribution is 0.252. The number of urea groups is 1. The molecule has 0 saturated heterocycles. The van der Waals surface area contributed by atoms with Crippen molar-refractivity contribution >= 4 is 17.5 Å². The van der Waals surface area contributed by atoms with Crippen molar-refractivity contribution in [2.45, 2.75) is 20.8 Å². The lowest BCUT2D eigenvalue weighted by Gasteiger charge is -2.09. The molecule has 0 unspecified atom stereocenters. The summed E-state index contributed by atoms with van der Waals surface area (Å²) in [6.07, 6.45) is 0. The fourth-order valence-corrected chi connectivity index (χ4v) is 2.69. The number of hydrogen-bond donors (Lipinski definition) is 3. The number of benzene rings is 1. The molecule has 3 N–H and O–H groups in total. The van der Waals surface area contributed by atoms with Crippen molar-refractivity contribution in [1.29, 1.82) is 0 Å². The summed E-state index contributed by atoms with van der Waals surface area (Å²) in [6, 6.07) is 10.5. The standard InChI is InChI=1S/C20H25N7O2/c1-13-14(2)26-27(15(13)3)19-10-9-18(24-25-19)21-11-12-22-20(28)23-16-5-7-17(29-4)8-6-16/h5-10H,11-12H2,1-4H3,(H,21,24)(H2,22,23,28). The Balaban J connectivity index is 1.44. The molecule has 0 fully saturated rings. The predicted octanol–water partition coefficient (Wildman–Crippen LogP) is 2.83. The summed E-state index contributed by atoms with van der Waals surface area (Å²) in [6.45, 7) is 6.96. The largest absolute Gasteiger partial charge is 0.497 e. The molecule has 2 aromatic heterocycles. The zero-order valence-corrected chi connectivity index (χ0v) is 17.0. The Morgan fingerprint density at radius 1 is 1.03 bits per heavy atom. The fraction of sp³-hybridized carbons (Fsp3) is 0.300. The highest BCUT2D eigenvalue weighted by Crippen LogP contribution is 2.16. The van der Waals surface area contributed by atoms with Crippen LogP contribution in [0.5, 0.6) is 5.75 Å². The molecule has 0 aliphatic rings. The third kappa shape index (κ3) is 5.01. The lowest BCUT2D eigenvalue weighted by Crippen LogP contribution is -2.32. The molecule has 3 aromatic rings. The Kier molecular flexibility index (Phi) is 6.28. The van der Waals surface area contributed by atoms with Gasteiger partial charge in [0.15, 0.2) is 5.82 Å². The van der Waals surface area contributed by atoms with Crippen LogP contribution in [0.4, 0.5) is 16.3 Å². The lowest BCUT2D eigenvalue weighted by atomic mass is 10.2. The minimum Gasteiger partial charge on any atom is -0.497 e. The second kappa shape index (κ2) is 9.05. The minimum atomic E-state index is -0.279. The van der Waals surface area contributed by atoms with Crippen LogP contribution in [-0.4, -0.2) is 46.2 Å². The summed E-state index contributed by atoms with van der Waals surface area (Å²) in [4.78, 5) is 11.9. The number of hydrogen-bond acceptors (Lipinski definition) is 6. The van der Waals surface area contributed by atoms with Crippen LogP contribution < -0.4 is 20.7 Å². The number of nitrogens with zero attached hydrogens (tertiary/aromatic N) is 4. The van der Waals surface area contributed by atoms with Crippen LogP contribution in [0, 0.1) is 20.8 Å². The Hall–Kier alpha value is -3.62. The molecule has 0 bridgehead atoms. The molecule has 0 aliphatic heterocycles. The van der Waals surface area contributed by atoms with E-state index in [-0.39, 0.29) is 6.03 Å². The Morgan fingerprint density at radius 2 is 1.79 bits per heavy atom. The van der Waals surface area contributed by atoms with Crippen molar-refractivity contribution in [2.75, 3.05) is 30.8 Å². The first-order valence-corrected chi connectivity index (χ1v) is 9.27. The predicted molar refractivity (Wildman–Crippen MR) is 112 cm³/mol. The molecule has 0 aliphatic carbocycles. The van der Waals surface area contributed by atoms with Crippen molar-refractivity contribution < 1.29 is 9.53 Å². The van der Waals surface area contributed by atoms with Gasteiger partial charge in [-0.2, -0.15) is 5.10 Å².